The summed E-state index contributed by atoms with van der Waals surface area (Å²) in [6.45, 7) is 3.96. The molecule has 1 atom stereocenters. The Balaban J connectivity index is 1.74. The van der Waals surface area contributed by atoms with Crippen LogP contribution in [0.1, 0.15) is 29.0 Å². The van der Waals surface area contributed by atoms with E-state index in [1.165, 1.54) is 0 Å². The Bertz CT molecular complexity index is 632. The Kier molecular flexibility index (Phi) is 3.49. The van der Waals surface area contributed by atoms with Crippen LogP contribution in [0.4, 0.5) is 0 Å². The van der Waals surface area contributed by atoms with Crippen molar-refractivity contribution in [1.29, 1.82) is 0 Å². The highest BCUT2D eigenvalue weighted by molar-refractivity contribution is 5.98. The summed E-state index contributed by atoms with van der Waals surface area (Å²) in [5.41, 5.74) is 1.53. The number of carbonyl (C=O) groups is 1. The third-order valence-corrected chi connectivity index (χ3v) is 3.86. The quantitative estimate of drug-likeness (QED) is 0.914. The van der Waals surface area contributed by atoms with E-state index in [2.05, 4.69) is 17.3 Å². The molecule has 2 heterocycles. The molecule has 0 saturated carbocycles. The smallest absolute Gasteiger partial charge is 0.251 e. The van der Waals surface area contributed by atoms with Crippen molar-refractivity contribution in [1.82, 2.24) is 10.2 Å². The van der Waals surface area contributed by atoms with Crippen LogP contribution in [0.15, 0.2) is 28.7 Å². The van der Waals surface area contributed by atoms with Crippen LogP contribution in [0, 0.1) is 6.92 Å². The van der Waals surface area contributed by atoms with Crippen molar-refractivity contribution in [2.45, 2.75) is 25.8 Å². The highest BCUT2D eigenvalue weighted by atomic mass is 16.3. The van der Waals surface area contributed by atoms with Crippen molar-refractivity contribution in [3.8, 4) is 0 Å². The molecule has 0 bridgehead atoms. The number of rotatable bonds is 2. The molecule has 1 aliphatic rings. The topological polar surface area (TPSA) is 45.5 Å². The number of fused-ring (bicyclic) bond motifs is 1. The van der Waals surface area contributed by atoms with Gasteiger partial charge in [0.2, 0.25) is 0 Å². The first-order valence-electron chi connectivity index (χ1n) is 7.11. The number of benzene rings is 1. The molecule has 0 radical (unpaired) electrons. The van der Waals surface area contributed by atoms with Gasteiger partial charge in [-0.3, -0.25) is 4.79 Å². The molecule has 2 aromatic rings. The van der Waals surface area contributed by atoms with Gasteiger partial charge in [0, 0.05) is 23.5 Å². The normalized spacial score (nSPS) is 20.2. The molecule has 1 saturated heterocycles. The number of likely N-dealkylation sites (N-methyl/N-ethyl adjacent to an activating group) is 1. The Morgan fingerprint density at radius 3 is 3.05 bits per heavy atom. The molecule has 3 rings (SSSR count). The van der Waals surface area contributed by atoms with E-state index in [-0.39, 0.29) is 11.9 Å². The predicted molar refractivity (Wildman–Crippen MR) is 78.9 cm³/mol. The Morgan fingerprint density at radius 1 is 1.40 bits per heavy atom. The third-order valence-electron chi connectivity index (χ3n) is 3.86. The summed E-state index contributed by atoms with van der Waals surface area (Å²) in [6.07, 6.45) is 2.20. The molecule has 4 heteroatoms. The fraction of sp³-hybridized carbons (Fsp3) is 0.438. The van der Waals surface area contributed by atoms with Gasteiger partial charge in [-0.05, 0) is 57.6 Å². The summed E-state index contributed by atoms with van der Waals surface area (Å²) in [5, 5.41) is 4.11. The molecule has 0 spiro atoms. The maximum absolute atomic E-state index is 12.3. The summed E-state index contributed by atoms with van der Waals surface area (Å²) in [7, 11) is 2.10. The average molecular weight is 272 g/mol. The van der Waals surface area contributed by atoms with Gasteiger partial charge in [0.25, 0.3) is 5.91 Å². The van der Waals surface area contributed by atoms with Crippen LogP contribution in [0.5, 0.6) is 0 Å². The van der Waals surface area contributed by atoms with Gasteiger partial charge in [0.1, 0.15) is 11.3 Å². The molecule has 1 amide bonds. The number of aryl methyl sites for hydroxylation is 1. The van der Waals surface area contributed by atoms with E-state index >= 15 is 0 Å². The van der Waals surface area contributed by atoms with Crippen LogP contribution < -0.4 is 5.32 Å². The molecule has 20 heavy (non-hydrogen) atoms. The Labute approximate surface area is 118 Å². The second-order valence-electron chi connectivity index (χ2n) is 5.68. The molecule has 106 valence electrons. The van der Waals surface area contributed by atoms with E-state index in [1.54, 1.807) is 0 Å². The van der Waals surface area contributed by atoms with Gasteiger partial charge in [-0.25, -0.2) is 0 Å². The zero-order valence-corrected chi connectivity index (χ0v) is 12.0. The first-order chi connectivity index (χ1) is 9.61. The summed E-state index contributed by atoms with van der Waals surface area (Å²) in [6, 6.07) is 7.80. The highest BCUT2D eigenvalue weighted by Crippen LogP contribution is 2.20. The molecule has 0 aliphatic carbocycles. The van der Waals surface area contributed by atoms with E-state index in [9.17, 15) is 4.79 Å². The van der Waals surface area contributed by atoms with Crippen LogP contribution in [0.3, 0.4) is 0 Å². The molecule has 1 aromatic carbocycles. The summed E-state index contributed by atoms with van der Waals surface area (Å²) < 4.78 is 5.53. The van der Waals surface area contributed by atoms with Gasteiger partial charge in [0.15, 0.2) is 0 Å². The van der Waals surface area contributed by atoms with Crippen molar-refractivity contribution < 1.29 is 9.21 Å². The summed E-state index contributed by atoms with van der Waals surface area (Å²) >= 11 is 0. The van der Waals surface area contributed by atoms with Crippen LogP contribution in [0.25, 0.3) is 11.0 Å². The van der Waals surface area contributed by atoms with Crippen molar-refractivity contribution in [2.75, 3.05) is 20.1 Å². The second kappa shape index (κ2) is 5.29. The number of nitrogens with zero attached hydrogens (tertiary/aromatic N) is 1. The number of carbonyl (C=O) groups excluding carboxylic acids is 1. The van der Waals surface area contributed by atoms with Gasteiger partial charge >= 0.3 is 0 Å². The Hall–Kier alpha value is -1.81. The van der Waals surface area contributed by atoms with E-state index in [4.69, 9.17) is 4.42 Å². The number of likely N-dealkylation sites (tertiary alicyclic amines) is 1. The van der Waals surface area contributed by atoms with E-state index in [0.29, 0.717) is 5.56 Å². The largest absolute Gasteiger partial charge is 0.461 e. The van der Waals surface area contributed by atoms with Crippen LogP contribution in [0.2, 0.25) is 0 Å². The Morgan fingerprint density at radius 2 is 2.25 bits per heavy atom. The third kappa shape index (κ3) is 2.70. The molecule has 1 fully saturated rings. The fourth-order valence-electron chi connectivity index (χ4n) is 2.87. The molecular weight excluding hydrogens is 252 g/mol. The van der Waals surface area contributed by atoms with Gasteiger partial charge in [-0.1, -0.05) is 0 Å². The van der Waals surface area contributed by atoms with E-state index in [0.717, 1.165) is 42.7 Å². The minimum atomic E-state index is 0.00560. The van der Waals surface area contributed by atoms with Crippen molar-refractivity contribution in [3.05, 3.63) is 35.6 Å². The SMILES string of the molecule is Cc1cc2cc(C(=O)N[C@@H]3CCCN(C)C3)ccc2o1. The number of nitrogens with one attached hydrogen (secondary N) is 1. The van der Waals surface area contributed by atoms with Gasteiger partial charge in [0.05, 0.1) is 0 Å². The lowest BCUT2D eigenvalue weighted by molar-refractivity contribution is 0.0912. The summed E-state index contributed by atoms with van der Waals surface area (Å²) in [4.78, 5) is 14.6. The van der Waals surface area contributed by atoms with Crippen molar-refractivity contribution in [2.24, 2.45) is 0 Å². The lowest BCUT2D eigenvalue weighted by atomic mass is 10.1. The number of hydrogen-bond acceptors (Lipinski definition) is 3. The standard InChI is InChI=1S/C16H20N2O2/c1-11-8-13-9-12(5-6-15(13)20-11)16(19)17-14-4-3-7-18(2)10-14/h5-6,8-9,14H,3-4,7,10H2,1-2H3,(H,17,19)/t14-/m1/s1. The molecule has 1 aromatic heterocycles. The van der Waals surface area contributed by atoms with Crippen molar-refractivity contribution >= 4 is 16.9 Å². The molecule has 4 nitrogen and oxygen atoms in total. The van der Waals surface area contributed by atoms with Gasteiger partial charge < -0.3 is 14.6 Å². The zero-order valence-electron chi connectivity index (χ0n) is 12.0. The predicted octanol–water partition coefficient (Wildman–Crippen LogP) is 2.57. The van der Waals surface area contributed by atoms with Gasteiger partial charge in [-0.15, -0.1) is 0 Å². The number of hydrogen-bond donors (Lipinski definition) is 1. The molecule has 1 N–H and O–H groups in total. The lowest BCUT2D eigenvalue weighted by Gasteiger charge is -2.30. The van der Waals surface area contributed by atoms with Gasteiger partial charge in [-0.2, -0.15) is 0 Å². The number of piperidine rings is 1. The van der Waals surface area contributed by atoms with Crippen LogP contribution in [-0.4, -0.2) is 37.0 Å². The first-order valence-corrected chi connectivity index (χ1v) is 7.11. The van der Waals surface area contributed by atoms with Crippen LogP contribution >= 0.6 is 0 Å². The minimum absolute atomic E-state index is 0.00560. The van der Waals surface area contributed by atoms with E-state index in [1.807, 2.05) is 31.2 Å². The van der Waals surface area contributed by atoms with Crippen LogP contribution in [-0.2, 0) is 0 Å². The number of amides is 1. The number of furan rings is 1. The maximum Gasteiger partial charge on any atom is 0.251 e. The second-order valence-corrected chi connectivity index (χ2v) is 5.68. The average Bonchev–Trinajstić information content (AvgIpc) is 2.77. The molecular formula is C16H20N2O2. The van der Waals surface area contributed by atoms with Crippen molar-refractivity contribution in [3.63, 3.8) is 0 Å². The maximum atomic E-state index is 12.3. The fourth-order valence-corrected chi connectivity index (χ4v) is 2.87. The molecule has 0 unspecified atom stereocenters. The highest BCUT2D eigenvalue weighted by Gasteiger charge is 2.19. The minimum Gasteiger partial charge on any atom is -0.461 e. The lowest BCUT2D eigenvalue weighted by Crippen LogP contribution is -2.46. The monoisotopic (exact) mass is 272 g/mol. The zero-order chi connectivity index (χ0) is 14.1. The van der Waals surface area contributed by atoms with E-state index < -0.39 is 0 Å². The molecule has 1 aliphatic heterocycles. The first kappa shape index (κ1) is 13.2. The summed E-state index contributed by atoms with van der Waals surface area (Å²) in [5.74, 6) is 0.873.